The minimum atomic E-state index is -0.429. The molecule has 1 aliphatic heterocycles. The Labute approximate surface area is 181 Å². The molecule has 0 spiro atoms. The number of halogens is 1. The van der Waals surface area contributed by atoms with Gasteiger partial charge in [0.1, 0.15) is 23.6 Å². The Morgan fingerprint density at radius 1 is 0.968 bits per heavy atom. The number of hydrogen-bond donors (Lipinski definition) is 2. The normalized spacial score (nSPS) is 23.4. The first-order chi connectivity index (χ1) is 15.0. The molecule has 0 bridgehead atoms. The fourth-order valence-electron chi connectivity index (χ4n) is 5.19. The minimum Gasteiger partial charge on any atom is -0.396 e. The van der Waals surface area contributed by atoms with E-state index in [1.165, 1.54) is 25.2 Å². The highest BCUT2D eigenvalue weighted by atomic mass is 19.1. The van der Waals surface area contributed by atoms with Crippen molar-refractivity contribution in [2.75, 3.05) is 44.7 Å². The number of nitrogens with zero attached hydrogens (tertiary/aromatic N) is 5. The number of piperazine rings is 1. The molecule has 8 heteroatoms. The van der Waals surface area contributed by atoms with E-state index in [0.29, 0.717) is 17.9 Å². The lowest BCUT2D eigenvalue weighted by Gasteiger charge is -2.41. The first-order valence-corrected chi connectivity index (χ1v) is 11.1. The predicted molar refractivity (Wildman–Crippen MR) is 122 cm³/mol. The quantitative estimate of drug-likeness (QED) is 0.629. The summed E-state index contributed by atoms with van der Waals surface area (Å²) in [7, 11) is 2.20. The average molecular weight is 424 g/mol. The fraction of sp³-hybridized carbons (Fsp3) is 0.478. The monoisotopic (exact) mass is 423 g/mol. The van der Waals surface area contributed by atoms with Crippen molar-refractivity contribution in [3.8, 4) is 11.1 Å². The van der Waals surface area contributed by atoms with Gasteiger partial charge in [-0.15, -0.1) is 0 Å². The van der Waals surface area contributed by atoms with E-state index in [9.17, 15) is 4.39 Å². The standard InChI is InChI=1S/C23H30FN7/c1-29-8-10-30(11-9-29)16-3-5-17(6-4-16)31-13-18(15-2-7-20(25)19(24)12-15)21-22(26)27-14-28-23(21)31/h2,7,12-14,16-17H,3-6,8-11,25H2,1H3,(H2,26,27,28)/t16-,17-. The molecule has 4 N–H and O–H groups in total. The molecule has 1 saturated heterocycles. The summed E-state index contributed by atoms with van der Waals surface area (Å²) in [6, 6.07) is 5.90. The van der Waals surface area contributed by atoms with Crippen LogP contribution in [0.4, 0.5) is 15.9 Å². The Hall–Kier alpha value is -2.71. The highest BCUT2D eigenvalue weighted by Crippen LogP contribution is 2.39. The third-order valence-corrected chi connectivity index (χ3v) is 7.06. The average Bonchev–Trinajstić information content (AvgIpc) is 3.17. The summed E-state index contributed by atoms with van der Waals surface area (Å²) >= 11 is 0. The molecule has 3 heterocycles. The van der Waals surface area contributed by atoms with Crippen molar-refractivity contribution in [3.63, 3.8) is 0 Å². The first kappa shape index (κ1) is 20.2. The maximum atomic E-state index is 14.2. The number of anilines is 2. The molecule has 1 saturated carbocycles. The van der Waals surface area contributed by atoms with Crippen LogP contribution in [0.5, 0.6) is 0 Å². The number of rotatable bonds is 3. The molecule has 5 rings (SSSR count). The van der Waals surface area contributed by atoms with Gasteiger partial charge in [-0.25, -0.2) is 14.4 Å². The van der Waals surface area contributed by atoms with Gasteiger partial charge < -0.3 is 20.9 Å². The van der Waals surface area contributed by atoms with Crippen LogP contribution in [0.25, 0.3) is 22.2 Å². The van der Waals surface area contributed by atoms with E-state index in [1.54, 1.807) is 6.07 Å². The van der Waals surface area contributed by atoms with Crippen molar-refractivity contribution < 1.29 is 4.39 Å². The summed E-state index contributed by atoms with van der Waals surface area (Å²) in [5.41, 5.74) is 14.5. The van der Waals surface area contributed by atoms with Crippen molar-refractivity contribution in [1.29, 1.82) is 0 Å². The summed E-state index contributed by atoms with van der Waals surface area (Å²) in [5, 5.41) is 0.785. The maximum absolute atomic E-state index is 14.2. The zero-order valence-electron chi connectivity index (χ0n) is 18.0. The van der Waals surface area contributed by atoms with Crippen molar-refractivity contribution >= 4 is 22.5 Å². The highest BCUT2D eigenvalue weighted by Gasteiger charge is 2.30. The van der Waals surface area contributed by atoms with Crippen LogP contribution in [-0.4, -0.2) is 63.6 Å². The van der Waals surface area contributed by atoms with Crippen molar-refractivity contribution in [2.24, 2.45) is 0 Å². The largest absolute Gasteiger partial charge is 0.396 e. The van der Waals surface area contributed by atoms with Crippen LogP contribution in [0.3, 0.4) is 0 Å². The summed E-state index contributed by atoms with van der Waals surface area (Å²) in [5.74, 6) is -0.0105. The molecular formula is C23H30FN7. The Morgan fingerprint density at radius 3 is 2.39 bits per heavy atom. The highest BCUT2D eigenvalue weighted by molar-refractivity contribution is 6.00. The van der Waals surface area contributed by atoms with Gasteiger partial charge in [-0.2, -0.15) is 0 Å². The molecule has 2 aromatic heterocycles. The molecule has 31 heavy (non-hydrogen) atoms. The number of benzene rings is 1. The minimum absolute atomic E-state index is 0.138. The van der Waals surface area contributed by atoms with Gasteiger partial charge >= 0.3 is 0 Å². The molecule has 7 nitrogen and oxygen atoms in total. The molecule has 0 unspecified atom stereocenters. The molecule has 3 aromatic rings. The Balaban J connectivity index is 1.43. The first-order valence-electron chi connectivity index (χ1n) is 11.1. The van der Waals surface area contributed by atoms with Gasteiger partial charge in [0.2, 0.25) is 0 Å². The number of likely N-dealkylation sites (N-methyl/N-ethyl adjacent to an activating group) is 1. The lowest BCUT2D eigenvalue weighted by Crippen LogP contribution is -2.49. The SMILES string of the molecule is CN1CCN([C@H]2CC[C@H](n3cc(-c4ccc(N)c(F)c4)c4c(N)ncnc43)CC2)CC1. The second-order valence-electron chi connectivity index (χ2n) is 8.95. The molecule has 0 atom stereocenters. The van der Waals surface area contributed by atoms with E-state index >= 15 is 0 Å². The molecule has 0 amide bonds. The lowest BCUT2D eigenvalue weighted by atomic mass is 9.89. The third kappa shape index (κ3) is 3.74. The summed E-state index contributed by atoms with van der Waals surface area (Å²) in [6.07, 6.45) is 8.14. The maximum Gasteiger partial charge on any atom is 0.146 e. The van der Waals surface area contributed by atoms with Gasteiger partial charge in [0.15, 0.2) is 0 Å². The van der Waals surface area contributed by atoms with Crippen LogP contribution in [0.2, 0.25) is 0 Å². The Bertz CT molecular complexity index is 1080. The Morgan fingerprint density at radius 2 is 1.68 bits per heavy atom. The second kappa shape index (κ2) is 8.09. The van der Waals surface area contributed by atoms with Gasteiger partial charge in [0.25, 0.3) is 0 Å². The van der Waals surface area contributed by atoms with Crippen LogP contribution < -0.4 is 11.5 Å². The van der Waals surface area contributed by atoms with Crippen molar-refractivity contribution in [3.05, 3.63) is 36.5 Å². The Kier molecular flexibility index (Phi) is 5.27. The lowest BCUT2D eigenvalue weighted by molar-refractivity contribution is 0.0828. The molecular weight excluding hydrogens is 393 g/mol. The van der Waals surface area contributed by atoms with Crippen molar-refractivity contribution in [1.82, 2.24) is 24.3 Å². The van der Waals surface area contributed by atoms with Crippen molar-refractivity contribution in [2.45, 2.75) is 37.8 Å². The van der Waals surface area contributed by atoms with E-state index in [1.807, 2.05) is 6.07 Å². The van der Waals surface area contributed by atoms with Gasteiger partial charge in [0.05, 0.1) is 11.1 Å². The molecule has 1 aliphatic carbocycles. The van der Waals surface area contributed by atoms with E-state index < -0.39 is 5.82 Å². The molecule has 1 aromatic carbocycles. The summed E-state index contributed by atoms with van der Waals surface area (Å²) in [4.78, 5) is 13.8. The van der Waals surface area contributed by atoms with E-state index in [0.717, 1.165) is 61.2 Å². The van der Waals surface area contributed by atoms with E-state index in [-0.39, 0.29) is 5.69 Å². The van der Waals surface area contributed by atoms with Crippen LogP contribution in [0.15, 0.2) is 30.7 Å². The number of hydrogen-bond acceptors (Lipinski definition) is 6. The van der Waals surface area contributed by atoms with Gasteiger partial charge in [-0.1, -0.05) is 6.07 Å². The smallest absolute Gasteiger partial charge is 0.146 e. The molecule has 2 aliphatic rings. The third-order valence-electron chi connectivity index (χ3n) is 7.06. The fourth-order valence-corrected chi connectivity index (χ4v) is 5.19. The van der Waals surface area contributed by atoms with Gasteiger partial charge in [-0.05, 0) is 50.4 Å². The van der Waals surface area contributed by atoms with E-state index in [2.05, 4.69) is 37.6 Å². The number of fused-ring (bicyclic) bond motifs is 1. The molecule has 2 fully saturated rings. The zero-order chi connectivity index (χ0) is 21.5. The second-order valence-corrected chi connectivity index (χ2v) is 8.95. The van der Waals surface area contributed by atoms with Crippen LogP contribution >= 0.6 is 0 Å². The molecule has 0 radical (unpaired) electrons. The molecule has 164 valence electrons. The van der Waals surface area contributed by atoms with Gasteiger partial charge in [-0.3, -0.25) is 4.90 Å². The number of nitrogen functional groups attached to an aromatic ring is 2. The number of nitrogens with two attached hydrogens (primary N) is 2. The van der Waals surface area contributed by atoms with Crippen LogP contribution in [-0.2, 0) is 0 Å². The van der Waals surface area contributed by atoms with Crippen LogP contribution in [0, 0.1) is 5.82 Å². The van der Waals surface area contributed by atoms with E-state index in [4.69, 9.17) is 11.5 Å². The zero-order valence-corrected chi connectivity index (χ0v) is 18.0. The topological polar surface area (TPSA) is 89.2 Å². The van der Waals surface area contributed by atoms with Crippen LogP contribution in [0.1, 0.15) is 31.7 Å². The number of aromatic nitrogens is 3. The summed E-state index contributed by atoms with van der Waals surface area (Å²) in [6.45, 7) is 4.63. The predicted octanol–water partition coefficient (Wildman–Crippen LogP) is 3.13. The summed E-state index contributed by atoms with van der Waals surface area (Å²) < 4.78 is 16.4. The van der Waals surface area contributed by atoms with Gasteiger partial charge in [0, 0.05) is 50.0 Å².